The van der Waals surface area contributed by atoms with Gasteiger partial charge in [0.05, 0.1) is 12.1 Å². The van der Waals surface area contributed by atoms with E-state index >= 15 is 0 Å². The summed E-state index contributed by atoms with van der Waals surface area (Å²) in [5.41, 5.74) is -0.405. The van der Waals surface area contributed by atoms with Gasteiger partial charge in [0.15, 0.2) is 5.78 Å². The first-order valence-corrected chi connectivity index (χ1v) is 17.3. The molecular formula is C35H61N5O6. The van der Waals surface area contributed by atoms with Gasteiger partial charge in [-0.05, 0) is 63.7 Å². The van der Waals surface area contributed by atoms with E-state index in [0.717, 1.165) is 57.9 Å². The maximum atomic E-state index is 13.2. The SMILES string of the molecule is C=CCNC(=O)C(=O)C(C)NC=O.CC1CCCN1C(=O)C(NC(=O)NC(C(=O)C1CC1)C1CCCCC1)C(C)(C)C.CCCC. The van der Waals surface area contributed by atoms with E-state index in [2.05, 4.69) is 48.6 Å². The highest BCUT2D eigenvalue weighted by molar-refractivity contribution is 6.38. The second kappa shape index (κ2) is 20.8. The maximum Gasteiger partial charge on any atom is 0.316 e. The molecule has 11 nitrogen and oxygen atoms in total. The van der Waals surface area contributed by atoms with Gasteiger partial charge in [-0.2, -0.15) is 0 Å². The average Bonchev–Trinajstić information content (AvgIpc) is 3.80. The fourth-order valence-corrected chi connectivity index (χ4v) is 5.53. The van der Waals surface area contributed by atoms with E-state index in [9.17, 15) is 28.8 Å². The number of Topliss-reactive ketones (excluding diaryl/α,β-unsaturated/α-hetero) is 2. The van der Waals surface area contributed by atoms with Gasteiger partial charge in [0, 0.05) is 25.0 Å². The van der Waals surface area contributed by atoms with Crippen molar-refractivity contribution in [1.82, 2.24) is 26.2 Å². The number of rotatable bonds is 13. The maximum absolute atomic E-state index is 13.2. The van der Waals surface area contributed by atoms with Gasteiger partial charge in [-0.15, -0.1) is 6.58 Å². The van der Waals surface area contributed by atoms with E-state index in [1.54, 1.807) is 0 Å². The number of carbonyl (C=O) groups excluding carboxylic acids is 6. The third-order valence-corrected chi connectivity index (χ3v) is 8.76. The Hall–Kier alpha value is -3.24. The van der Waals surface area contributed by atoms with Gasteiger partial charge in [-0.25, -0.2) is 4.79 Å². The number of nitrogens with one attached hydrogen (secondary N) is 4. The van der Waals surface area contributed by atoms with Crippen LogP contribution in [-0.4, -0.2) is 78.0 Å². The summed E-state index contributed by atoms with van der Waals surface area (Å²) in [7, 11) is 0. The number of ketones is 2. The predicted octanol–water partition coefficient (Wildman–Crippen LogP) is 4.44. The van der Waals surface area contributed by atoms with E-state index < -0.39 is 35.2 Å². The highest BCUT2D eigenvalue weighted by Crippen LogP contribution is 2.35. The molecule has 46 heavy (non-hydrogen) atoms. The first kappa shape index (κ1) is 40.8. The molecule has 262 valence electrons. The molecular weight excluding hydrogens is 586 g/mol. The Morgan fingerprint density at radius 1 is 0.913 bits per heavy atom. The van der Waals surface area contributed by atoms with Crippen molar-refractivity contribution in [2.45, 2.75) is 143 Å². The summed E-state index contributed by atoms with van der Waals surface area (Å²) in [4.78, 5) is 72.9. The van der Waals surface area contributed by atoms with Gasteiger partial charge < -0.3 is 26.2 Å². The van der Waals surface area contributed by atoms with E-state index in [1.807, 2.05) is 25.7 Å². The highest BCUT2D eigenvalue weighted by Gasteiger charge is 2.42. The van der Waals surface area contributed by atoms with E-state index in [4.69, 9.17) is 0 Å². The summed E-state index contributed by atoms with van der Waals surface area (Å²) in [6.07, 6.45) is 13.8. The number of hydrogen-bond acceptors (Lipinski definition) is 6. The van der Waals surface area contributed by atoms with Gasteiger partial charge in [-0.3, -0.25) is 24.0 Å². The molecule has 5 amide bonds. The third-order valence-electron chi connectivity index (χ3n) is 8.76. The smallest absolute Gasteiger partial charge is 0.316 e. The second-order valence-corrected chi connectivity index (χ2v) is 13.9. The Bertz CT molecular complexity index is 1010. The zero-order chi connectivity index (χ0) is 34.9. The predicted molar refractivity (Wildman–Crippen MR) is 181 cm³/mol. The minimum absolute atomic E-state index is 0.0135. The molecule has 11 heteroatoms. The molecule has 1 heterocycles. The molecule has 4 N–H and O–H groups in total. The minimum Gasteiger partial charge on any atom is -0.349 e. The lowest BCUT2D eigenvalue weighted by Gasteiger charge is -2.36. The molecule has 0 radical (unpaired) electrons. The molecule has 3 rings (SSSR count). The lowest BCUT2D eigenvalue weighted by atomic mass is 9.81. The van der Waals surface area contributed by atoms with Gasteiger partial charge >= 0.3 is 6.03 Å². The van der Waals surface area contributed by atoms with Crippen LogP contribution in [0.15, 0.2) is 12.7 Å². The first-order chi connectivity index (χ1) is 21.7. The number of likely N-dealkylation sites (tertiary alicyclic amines) is 1. The number of amides is 5. The summed E-state index contributed by atoms with van der Waals surface area (Å²) >= 11 is 0. The fraction of sp³-hybridized carbons (Fsp3) is 0.771. The molecule has 4 atom stereocenters. The van der Waals surface area contributed by atoms with Crippen LogP contribution in [0.2, 0.25) is 0 Å². The molecule has 3 fully saturated rings. The van der Waals surface area contributed by atoms with Crippen LogP contribution in [0, 0.1) is 17.3 Å². The molecule has 0 spiro atoms. The van der Waals surface area contributed by atoms with E-state index in [0.29, 0.717) is 6.41 Å². The lowest BCUT2D eigenvalue weighted by Crippen LogP contribution is -2.59. The van der Waals surface area contributed by atoms with Crippen LogP contribution in [0.1, 0.15) is 119 Å². The van der Waals surface area contributed by atoms with Crippen molar-refractivity contribution in [3.8, 4) is 0 Å². The molecule has 0 aromatic heterocycles. The number of unbranched alkanes of at least 4 members (excludes halogenated alkanes) is 1. The zero-order valence-corrected chi connectivity index (χ0v) is 29.4. The number of nitrogens with zero attached hydrogens (tertiary/aromatic N) is 1. The van der Waals surface area contributed by atoms with E-state index in [-0.39, 0.29) is 42.1 Å². The monoisotopic (exact) mass is 647 g/mol. The molecule has 0 bridgehead atoms. The normalized spacial score (nSPS) is 19.8. The van der Waals surface area contributed by atoms with Gasteiger partial charge in [0.1, 0.15) is 6.04 Å². The van der Waals surface area contributed by atoms with Crippen molar-refractivity contribution in [3.63, 3.8) is 0 Å². The Labute approximate surface area is 276 Å². The van der Waals surface area contributed by atoms with Crippen molar-refractivity contribution in [3.05, 3.63) is 12.7 Å². The van der Waals surface area contributed by atoms with Crippen LogP contribution in [0.25, 0.3) is 0 Å². The summed E-state index contributed by atoms with van der Waals surface area (Å²) in [5.74, 6) is -0.868. The number of urea groups is 1. The lowest BCUT2D eigenvalue weighted by molar-refractivity contribution is -0.139. The van der Waals surface area contributed by atoms with Gasteiger partial charge in [0.2, 0.25) is 18.1 Å². The topological polar surface area (TPSA) is 154 Å². The van der Waals surface area contributed by atoms with Gasteiger partial charge in [-0.1, -0.05) is 72.8 Å². The van der Waals surface area contributed by atoms with Crippen LogP contribution in [0.5, 0.6) is 0 Å². The molecule has 0 aromatic rings. The average molecular weight is 648 g/mol. The Morgan fingerprint density at radius 3 is 1.98 bits per heavy atom. The number of carbonyl (C=O) groups is 6. The largest absolute Gasteiger partial charge is 0.349 e. The summed E-state index contributed by atoms with van der Waals surface area (Å²) in [6, 6.07) is -1.98. The fourth-order valence-electron chi connectivity index (χ4n) is 5.53. The van der Waals surface area contributed by atoms with Crippen LogP contribution in [0.4, 0.5) is 4.79 Å². The number of hydrogen-bond donors (Lipinski definition) is 4. The standard InChI is InChI=1S/C23H39N3O3.C8H12N2O3.C4H10/c1-15-9-8-14-26(15)21(28)20(23(2,3)4)25-22(29)24-18(19(27)17-12-13-17)16-10-6-5-7-11-16;1-3-4-9-8(13)7(12)6(2)10-5-11;1-3-4-2/h15-18,20H,5-14H2,1-4H3,(H2,24,25,29);3,5-6H,1,4H2,2H3,(H,9,13)(H,10,11);3-4H2,1-2H3. The Balaban J connectivity index is 0.000000519. The molecule has 1 saturated heterocycles. The third kappa shape index (κ3) is 14.0. The molecule has 4 unspecified atom stereocenters. The molecule has 2 saturated carbocycles. The molecule has 1 aliphatic heterocycles. The molecule has 2 aliphatic carbocycles. The zero-order valence-electron chi connectivity index (χ0n) is 29.4. The Kier molecular flexibility index (Phi) is 18.4. The minimum atomic E-state index is -0.790. The van der Waals surface area contributed by atoms with Crippen LogP contribution < -0.4 is 21.3 Å². The summed E-state index contributed by atoms with van der Waals surface area (Å²) in [5, 5.41) is 10.4. The molecule has 0 aromatic carbocycles. The van der Waals surface area contributed by atoms with Gasteiger partial charge in [0.25, 0.3) is 5.91 Å². The van der Waals surface area contributed by atoms with Crippen molar-refractivity contribution in [2.24, 2.45) is 17.3 Å². The van der Waals surface area contributed by atoms with Crippen LogP contribution in [-0.2, 0) is 24.0 Å². The highest BCUT2D eigenvalue weighted by atomic mass is 16.2. The van der Waals surface area contributed by atoms with Crippen molar-refractivity contribution < 1.29 is 28.8 Å². The molecule has 3 aliphatic rings. The second-order valence-electron chi connectivity index (χ2n) is 13.9. The summed E-state index contributed by atoms with van der Waals surface area (Å²) < 4.78 is 0. The quantitative estimate of drug-likeness (QED) is 0.132. The Morgan fingerprint density at radius 2 is 1.52 bits per heavy atom. The van der Waals surface area contributed by atoms with Crippen molar-refractivity contribution >= 4 is 35.8 Å². The first-order valence-electron chi connectivity index (χ1n) is 17.3. The van der Waals surface area contributed by atoms with E-state index in [1.165, 1.54) is 32.3 Å². The van der Waals surface area contributed by atoms with Crippen LogP contribution in [0.3, 0.4) is 0 Å². The van der Waals surface area contributed by atoms with Crippen molar-refractivity contribution in [2.75, 3.05) is 13.1 Å². The van der Waals surface area contributed by atoms with Crippen molar-refractivity contribution in [1.29, 1.82) is 0 Å². The summed E-state index contributed by atoms with van der Waals surface area (Å²) in [6.45, 7) is 18.2. The van der Waals surface area contributed by atoms with Crippen LogP contribution >= 0.6 is 0 Å².